The molecular weight excluding hydrogens is 360 g/mol. The van der Waals surface area contributed by atoms with Crippen molar-refractivity contribution in [3.05, 3.63) is 41.6 Å². The lowest BCUT2D eigenvalue weighted by Gasteiger charge is -2.05. The number of hydrogen-bond acceptors (Lipinski definition) is 3. The summed E-state index contributed by atoms with van der Waals surface area (Å²) < 4.78 is 2.14. The van der Waals surface area contributed by atoms with E-state index in [0.717, 1.165) is 13.1 Å². The van der Waals surface area contributed by atoms with Crippen molar-refractivity contribution in [2.45, 2.75) is 12.5 Å². The molecule has 0 aliphatic heterocycles. The maximum Gasteiger partial charge on any atom is 0.0930 e. The molecule has 0 saturated heterocycles. The lowest BCUT2D eigenvalue weighted by molar-refractivity contribution is 0.183. The summed E-state index contributed by atoms with van der Waals surface area (Å²) in [5.41, 5.74) is 0. The number of thiophene rings is 2. The average Bonchev–Trinajstić information content (AvgIpc) is 2.75. The lowest BCUT2D eigenvalue weighted by Crippen LogP contribution is -1.97. The number of hydrogen-bond donors (Lipinski definition) is 1. The molecular formula is C10H8Br2OS2. The van der Waals surface area contributed by atoms with Crippen LogP contribution in [0.25, 0.3) is 0 Å². The van der Waals surface area contributed by atoms with E-state index in [1.807, 2.05) is 17.5 Å². The standard InChI is InChI=1S/C10H8Br2OS2/c11-6-3-7(14-5-6)4-8(13)9-1-2-10(12)15-9/h1-3,5,8,13H,4H2. The van der Waals surface area contributed by atoms with E-state index in [-0.39, 0.29) is 0 Å². The normalized spacial score (nSPS) is 13.0. The highest BCUT2D eigenvalue weighted by Crippen LogP contribution is 2.31. The predicted octanol–water partition coefficient (Wildman–Crippen LogP) is 4.61. The van der Waals surface area contributed by atoms with Crippen molar-refractivity contribution in [1.82, 2.24) is 0 Å². The second-order valence-electron chi connectivity index (χ2n) is 3.09. The van der Waals surface area contributed by atoms with Crippen molar-refractivity contribution in [3.63, 3.8) is 0 Å². The fourth-order valence-corrected chi connectivity index (χ4v) is 4.16. The van der Waals surface area contributed by atoms with E-state index in [2.05, 4.69) is 37.9 Å². The van der Waals surface area contributed by atoms with Crippen LogP contribution in [0.5, 0.6) is 0 Å². The first-order chi connectivity index (χ1) is 7.15. The molecule has 0 aromatic carbocycles. The van der Waals surface area contributed by atoms with Gasteiger partial charge in [0.2, 0.25) is 0 Å². The summed E-state index contributed by atoms with van der Waals surface area (Å²) in [5, 5.41) is 12.0. The monoisotopic (exact) mass is 366 g/mol. The second kappa shape index (κ2) is 5.10. The molecule has 80 valence electrons. The first-order valence-corrected chi connectivity index (χ1v) is 7.59. The molecule has 5 heteroatoms. The van der Waals surface area contributed by atoms with Gasteiger partial charge in [0.25, 0.3) is 0 Å². The van der Waals surface area contributed by atoms with Crippen molar-refractivity contribution in [1.29, 1.82) is 0 Å². The van der Waals surface area contributed by atoms with E-state index < -0.39 is 6.10 Å². The average molecular weight is 368 g/mol. The molecule has 1 N–H and O–H groups in total. The highest BCUT2D eigenvalue weighted by molar-refractivity contribution is 9.11. The summed E-state index contributed by atoms with van der Waals surface area (Å²) >= 11 is 10.0. The Morgan fingerprint density at radius 3 is 2.67 bits per heavy atom. The Morgan fingerprint density at radius 1 is 1.33 bits per heavy atom. The summed E-state index contributed by atoms with van der Waals surface area (Å²) in [6.45, 7) is 0. The molecule has 0 fully saturated rings. The van der Waals surface area contributed by atoms with Crippen molar-refractivity contribution < 1.29 is 5.11 Å². The van der Waals surface area contributed by atoms with Gasteiger partial charge < -0.3 is 5.11 Å². The minimum Gasteiger partial charge on any atom is -0.387 e. The van der Waals surface area contributed by atoms with Crippen LogP contribution in [-0.2, 0) is 6.42 Å². The van der Waals surface area contributed by atoms with Gasteiger partial charge in [0.15, 0.2) is 0 Å². The molecule has 0 aliphatic carbocycles. The van der Waals surface area contributed by atoms with Crippen molar-refractivity contribution in [3.8, 4) is 0 Å². The van der Waals surface area contributed by atoms with E-state index in [1.54, 1.807) is 22.7 Å². The van der Waals surface area contributed by atoms with Crippen LogP contribution in [0.1, 0.15) is 15.9 Å². The number of rotatable bonds is 3. The first-order valence-electron chi connectivity index (χ1n) is 4.31. The van der Waals surface area contributed by atoms with Crippen LogP contribution in [0.3, 0.4) is 0 Å². The lowest BCUT2D eigenvalue weighted by atomic mass is 10.2. The van der Waals surface area contributed by atoms with Gasteiger partial charge in [-0.15, -0.1) is 22.7 Å². The molecule has 2 aromatic rings. The van der Waals surface area contributed by atoms with E-state index in [9.17, 15) is 5.11 Å². The highest BCUT2D eigenvalue weighted by Gasteiger charge is 2.12. The van der Waals surface area contributed by atoms with Crippen LogP contribution in [0.15, 0.2) is 31.8 Å². The Kier molecular flexibility index (Phi) is 4.01. The summed E-state index contributed by atoms with van der Waals surface area (Å²) in [6.07, 6.45) is 0.287. The summed E-state index contributed by atoms with van der Waals surface area (Å²) in [6, 6.07) is 5.98. The molecule has 1 atom stereocenters. The first kappa shape index (κ1) is 11.8. The highest BCUT2D eigenvalue weighted by atomic mass is 79.9. The zero-order chi connectivity index (χ0) is 10.8. The Bertz CT molecular complexity index is 450. The van der Waals surface area contributed by atoms with Gasteiger partial charge in [-0.05, 0) is 50.1 Å². The fourth-order valence-electron chi connectivity index (χ4n) is 1.26. The number of aliphatic hydroxyl groups is 1. The molecule has 2 heterocycles. The van der Waals surface area contributed by atoms with Gasteiger partial charge in [-0.3, -0.25) is 0 Å². The topological polar surface area (TPSA) is 20.2 Å². The molecule has 0 spiro atoms. The number of halogens is 2. The van der Waals surface area contributed by atoms with Crippen LogP contribution in [0.4, 0.5) is 0 Å². The van der Waals surface area contributed by atoms with Gasteiger partial charge in [-0.1, -0.05) is 0 Å². The largest absolute Gasteiger partial charge is 0.387 e. The third-order valence-corrected chi connectivity index (χ3v) is 5.38. The minimum absolute atomic E-state index is 0.396. The SMILES string of the molecule is OC(Cc1cc(Br)cs1)c1ccc(Br)s1. The maximum atomic E-state index is 9.98. The Morgan fingerprint density at radius 2 is 2.13 bits per heavy atom. The van der Waals surface area contributed by atoms with Gasteiger partial charge in [0.05, 0.1) is 9.89 Å². The van der Waals surface area contributed by atoms with Crippen LogP contribution in [-0.4, -0.2) is 5.11 Å². The van der Waals surface area contributed by atoms with Crippen molar-refractivity contribution in [2.24, 2.45) is 0 Å². The van der Waals surface area contributed by atoms with E-state index in [1.165, 1.54) is 4.88 Å². The van der Waals surface area contributed by atoms with Gasteiger partial charge in [0.1, 0.15) is 0 Å². The summed E-state index contributed by atoms with van der Waals surface area (Å²) in [5.74, 6) is 0. The van der Waals surface area contributed by atoms with Crippen molar-refractivity contribution in [2.75, 3.05) is 0 Å². The van der Waals surface area contributed by atoms with Crippen LogP contribution in [0, 0.1) is 0 Å². The molecule has 0 saturated carbocycles. The van der Waals surface area contributed by atoms with Gasteiger partial charge in [-0.2, -0.15) is 0 Å². The molecule has 0 radical (unpaired) electrons. The predicted molar refractivity (Wildman–Crippen MR) is 72.7 cm³/mol. The van der Waals surface area contributed by atoms with Gasteiger partial charge >= 0.3 is 0 Å². The van der Waals surface area contributed by atoms with Crippen molar-refractivity contribution >= 4 is 54.5 Å². The molecule has 1 unspecified atom stereocenters. The molecule has 2 rings (SSSR count). The Balaban J connectivity index is 2.06. The Hall–Kier alpha value is 0.320. The minimum atomic E-state index is -0.396. The molecule has 15 heavy (non-hydrogen) atoms. The second-order valence-corrected chi connectivity index (χ2v) is 7.50. The maximum absolute atomic E-state index is 9.98. The van der Waals surface area contributed by atoms with Crippen LogP contribution >= 0.6 is 54.5 Å². The molecule has 1 nitrogen and oxygen atoms in total. The zero-order valence-corrected chi connectivity index (χ0v) is 12.4. The van der Waals surface area contributed by atoms with Gasteiger partial charge in [0, 0.05) is 26.0 Å². The van der Waals surface area contributed by atoms with E-state index in [4.69, 9.17) is 0 Å². The fraction of sp³-hybridized carbons (Fsp3) is 0.200. The quantitative estimate of drug-likeness (QED) is 0.839. The zero-order valence-electron chi connectivity index (χ0n) is 7.61. The van der Waals surface area contributed by atoms with Crippen LogP contribution in [0.2, 0.25) is 0 Å². The summed E-state index contributed by atoms with van der Waals surface area (Å²) in [4.78, 5) is 2.20. The number of aliphatic hydroxyl groups excluding tert-OH is 1. The third kappa shape index (κ3) is 3.14. The third-order valence-electron chi connectivity index (χ3n) is 1.94. The van der Waals surface area contributed by atoms with Gasteiger partial charge in [-0.25, -0.2) is 0 Å². The molecule has 2 aromatic heterocycles. The van der Waals surface area contributed by atoms with E-state index >= 15 is 0 Å². The Labute approximate surface area is 113 Å². The van der Waals surface area contributed by atoms with E-state index in [0.29, 0.717) is 6.42 Å². The van der Waals surface area contributed by atoms with Crippen LogP contribution < -0.4 is 0 Å². The molecule has 0 bridgehead atoms. The smallest absolute Gasteiger partial charge is 0.0930 e. The molecule has 0 aliphatic rings. The summed E-state index contributed by atoms with van der Waals surface area (Å²) in [7, 11) is 0. The molecule has 0 amide bonds.